The largest absolute Gasteiger partial charge is 0.254 e. The molecule has 0 rings (SSSR count). The summed E-state index contributed by atoms with van der Waals surface area (Å²) in [5, 5.41) is 1.06. The Morgan fingerprint density at radius 3 is 2.46 bits per heavy atom. The molecule has 0 fully saturated rings. The van der Waals surface area contributed by atoms with Gasteiger partial charge < -0.3 is 0 Å². The first-order valence-corrected chi connectivity index (χ1v) is 5.37. The zero-order valence-electron chi connectivity index (χ0n) is 8.63. The second-order valence-corrected chi connectivity index (χ2v) is 3.89. The average Bonchev–Trinajstić information content (AvgIpc) is 2.10. The number of hydrogen-bond acceptors (Lipinski definition) is 2. The van der Waals surface area contributed by atoms with Crippen LogP contribution in [-0.4, -0.2) is 11.3 Å². The van der Waals surface area contributed by atoms with Crippen molar-refractivity contribution < 1.29 is 0 Å². The van der Waals surface area contributed by atoms with Gasteiger partial charge in [0.15, 0.2) is 0 Å². The summed E-state index contributed by atoms with van der Waals surface area (Å²) in [6, 6.07) is 0. The summed E-state index contributed by atoms with van der Waals surface area (Å²) in [7, 11) is 0. The number of thioether (sulfide) groups is 1. The van der Waals surface area contributed by atoms with Gasteiger partial charge in [0.1, 0.15) is 0 Å². The molecular formula is C11H17NS. The highest BCUT2D eigenvalue weighted by Gasteiger charge is 1.91. The van der Waals surface area contributed by atoms with Crippen LogP contribution in [0.4, 0.5) is 0 Å². The molecular weight excluding hydrogens is 178 g/mol. The third-order valence-electron chi connectivity index (χ3n) is 1.48. The van der Waals surface area contributed by atoms with Crippen LogP contribution < -0.4 is 0 Å². The lowest BCUT2D eigenvalue weighted by Crippen LogP contribution is -1.82. The van der Waals surface area contributed by atoms with E-state index in [1.165, 1.54) is 0 Å². The van der Waals surface area contributed by atoms with Crippen molar-refractivity contribution >= 4 is 16.8 Å². The molecule has 0 aliphatic carbocycles. The fourth-order valence-electron chi connectivity index (χ4n) is 0.745. The number of nitrogens with zero attached hydrogens (tertiary/aromatic N) is 1. The first-order chi connectivity index (χ1) is 6.10. The molecule has 0 saturated carbocycles. The fourth-order valence-corrected chi connectivity index (χ4v) is 0.904. The molecule has 0 aromatic carbocycles. The first-order valence-electron chi connectivity index (χ1n) is 4.14. The summed E-state index contributed by atoms with van der Waals surface area (Å²) in [5.74, 6) is 0. The van der Waals surface area contributed by atoms with Crippen LogP contribution in [-0.2, 0) is 0 Å². The maximum Gasteiger partial charge on any atom is 0.0697 e. The van der Waals surface area contributed by atoms with Crippen molar-refractivity contribution in [1.29, 1.82) is 0 Å². The van der Waals surface area contributed by atoms with Crippen molar-refractivity contribution in [2.45, 2.75) is 20.3 Å². The van der Waals surface area contributed by atoms with Crippen molar-refractivity contribution in [2.75, 3.05) is 6.26 Å². The van der Waals surface area contributed by atoms with Crippen molar-refractivity contribution in [3.8, 4) is 0 Å². The van der Waals surface area contributed by atoms with Crippen LogP contribution in [0.5, 0.6) is 0 Å². The number of allylic oxidation sites excluding steroid dienone is 3. The topological polar surface area (TPSA) is 12.4 Å². The van der Waals surface area contributed by atoms with E-state index in [1.54, 1.807) is 11.8 Å². The minimum Gasteiger partial charge on any atom is -0.254 e. The Hall–Kier alpha value is -0.760. The molecule has 0 spiro atoms. The van der Waals surface area contributed by atoms with Gasteiger partial charge in [-0.1, -0.05) is 24.8 Å². The van der Waals surface area contributed by atoms with Gasteiger partial charge in [-0.25, -0.2) is 0 Å². The lowest BCUT2D eigenvalue weighted by atomic mass is 10.1. The number of rotatable bonds is 4. The minimum absolute atomic E-state index is 0.856. The molecule has 0 heterocycles. The molecule has 1 nitrogen and oxygen atoms in total. The molecule has 0 aromatic heterocycles. The van der Waals surface area contributed by atoms with E-state index in [4.69, 9.17) is 0 Å². The molecule has 0 amide bonds. The van der Waals surface area contributed by atoms with Gasteiger partial charge in [-0.2, -0.15) is 0 Å². The van der Waals surface area contributed by atoms with E-state index in [0.717, 1.165) is 22.6 Å². The lowest BCUT2D eigenvalue weighted by molar-refractivity contribution is 1.15. The van der Waals surface area contributed by atoms with E-state index < -0.39 is 0 Å². The molecule has 0 unspecified atom stereocenters. The van der Waals surface area contributed by atoms with Crippen LogP contribution in [0.25, 0.3) is 0 Å². The van der Waals surface area contributed by atoms with Crippen molar-refractivity contribution in [3.05, 3.63) is 36.6 Å². The molecule has 0 bridgehead atoms. The molecule has 13 heavy (non-hydrogen) atoms. The second kappa shape index (κ2) is 6.72. The number of hydrogen-bond donors (Lipinski definition) is 0. The van der Waals surface area contributed by atoms with Gasteiger partial charge in [0.2, 0.25) is 0 Å². The van der Waals surface area contributed by atoms with E-state index in [1.807, 2.05) is 32.4 Å². The van der Waals surface area contributed by atoms with Crippen LogP contribution >= 0.6 is 11.8 Å². The number of aliphatic imine (C=N–C) groups is 1. The Morgan fingerprint density at radius 1 is 1.46 bits per heavy atom. The summed E-state index contributed by atoms with van der Waals surface area (Å²) in [6.07, 6.45) is 6.55. The summed E-state index contributed by atoms with van der Waals surface area (Å²) in [6.45, 7) is 11.6. The van der Waals surface area contributed by atoms with E-state index >= 15 is 0 Å². The van der Waals surface area contributed by atoms with Crippen molar-refractivity contribution in [1.82, 2.24) is 0 Å². The maximum absolute atomic E-state index is 4.27. The zero-order valence-corrected chi connectivity index (χ0v) is 9.45. The van der Waals surface area contributed by atoms with E-state index in [9.17, 15) is 0 Å². The van der Waals surface area contributed by atoms with Crippen LogP contribution in [0, 0.1) is 0 Å². The molecule has 0 radical (unpaired) electrons. The van der Waals surface area contributed by atoms with Crippen LogP contribution in [0.1, 0.15) is 20.3 Å². The Bertz CT molecular complexity index is 249. The van der Waals surface area contributed by atoms with Crippen molar-refractivity contribution in [2.24, 2.45) is 4.99 Å². The highest BCUT2D eigenvalue weighted by molar-refractivity contribution is 8.13. The van der Waals surface area contributed by atoms with E-state index in [-0.39, 0.29) is 0 Å². The van der Waals surface area contributed by atoms with Crippen molar-refractivity contribution in [3.63, 3.8) is 0 Å². The molecule has 0 N–H and O–H groups in total. The highest BCUT2D eigenvalue weighted by atomic mass is 32.2. The smallest absolute Gasteiger partial charge is 0.0697 e. The summed E-state index contributed by atoms with van der Waals surface area (Å²) < 4.78 is 0. The summed E-state index contributed by atoms with van der Waals surface area (Å²) in [5.41, 5.74) is 2.24. The monoisotopic (exact) mass is 195 g/mol. The van der Waals surface area contributed by atoms with Gasteiger partial charge in [-0.3, -0.25) is 4.99 Å². The molecule has 72 valence electrons. The normalized spacial score (nSPS) is 12.8. The Balaban J connectivity index is 4.39. The molecule has 0 atom stereocenters. The quantitative estimate of drug-likeness (QED) is 0.287. The Labute approximate surface area is 85.3 Å². The maximum atomic E-state index is 4.27. The van der Waals surface area contributed by atoms with Gasteiger partial charge in [0, 0.05) is 6.20 Å². The second-order valence-electron chi connectivity index (χ2n) is 2.89. The van der Waals surface area contributed by atoms with Gasteiger partial charge in [0.05, 0.1) is 5.04 Å². The third-order valence-corrected chi connectivity index (χ3v) is 2.17. The fraction of sp³-hybridized carbons (Fsp3) is 0.364. The summed E-state index contributed by atoms with van der Waals surface area (Å²) >= 11 is 1.64. The summed E-state index contributed by atoms with van der Waals surface area (Å²) in [4.78, 5) is 4.27. The Morgan fingerprint density at radius 2 is 2.08 bits per heavy atom. The zero-order chi connectivity index (χ0) is 10.3. The van der Waals surface area contributed by atoms with Crippen LogP contribution in [0.3, 0.4) is 0 Å². The lowest BCUT2D eigenvalue weighted by Gasteiger charge is -1.99. The average molecular weight is 195 g/mol. The first kappa shape index (κ1) is 12.2. The molecule has 0 aromatic rings. The van der Waals surface area contributed by atoms with E-state index in [2.05, 4.69) is 18.2 Å². The predicted molar refractivity (Wildman–Crippen MR) is 64.3 cm³/mol. The van der Waals surface area contributed by atoms with Gasteiger partial charge in [0.25, 0.3) is 0 Å². The molecule has 0 saturated heterocycles. The van der Waals surface area contributed by atoms with Crippen LogP contribution in [0.2, 0.25) is 0 Å². The van der Waals surface area contributed by atoms with Gasteiger partial charge in [-0.15, -0.1) is 11.8 Å². The van der Waals surface area contributed by atoms with E-state index in [0.29, 0.717) is 0 Å². The standard InChI is InChI=1S/C11H17NS/c1-6-11(7-9(2)3)8-12-10(4)13-5/h6,8H,1-2,7H2,3-5H3. The molecule has 0 aliphatic rings. The highest BCUT2D eigenvalue weighted by Crippen LogP contribution is 2.10. The predicted octanol–water partition coefficient (Wildman–Crippen LogP) is 3.80. The van der Waals surface area contributed by atoms with Crippen LogP contribution in [0.15, 0.2) is 41.6 Å². The third kappa shape index (κ3) is 6.41. The van der Waals surface area contributed by atoms with Gasteiger partial charge in [-0.05, 0) is 32.1 Å². The molecule has 2 heteroatoms. The molecule has 0 aliphatic heterocycles. The SMILES string of the molecule is C=CC(=CN=C(C)SC)CC(=C)C. The Kier molecular flexibility index (Phi) is 6.33. The van der Waals surface area contributed by atoms with Gasteiger partial charge >= 0.3 is 0 Å². The minimum atomic E-state index is 0.856.